The lowest BCUT2D eigenvalue weighted by atomic mass is 10.1. The zero-order valence-electron chi connectivity index (χ0n) is 8.00. The summed E-state index contributed by atoms with van der Waals surface area (Å²) in [5.74, 6) is -0.578. The minimum absolute atomic E-state index is 0.175. The van der Waals surface area contributed by atoms with Gasteiger partial charge in [0, 0.05) is 13.0 Å². The molecule has 76 valence electrons. The highest BCUT2D eigenvalue weighted by Gasteiger charge is 2.13. The molecular formula is C8H16N2O3. The molecule has 0 saturated carbocycles. The van der Waals surface area contributed by atoms with Gasteiger partial charge in [0.2, 0.25) is 5.91 Å². The first kappa shape index (κ1) is 11.9. The number of carbonyl (C=O) groups is 2. The average molecular weight is 188 g/mol. The molecule has 0 rings (SSSR count). The van der Waals surface area contributed by atoms with Crippen molar-refractivity contribution in [3.63, 3.8) is 0 Å². The summed E-state index contributed by atoms with van der Waals surface area (Å²) in [5, 5.41) is 2.57. The first-order valence-corrected chi connectivity index (χ1v) is 4.22. The fourth-order valence-corrected chi connectivity index (χ4v) is 0.812. The lowest BCUT2D eigenvalue weighted by Crippen LogP contribution is -2.40. The minimum Gasteiger partial charge on any atom is -0.469 e. The summed E-state index contributed by atoms with van der Waals surface area (Å²) in [5.41, 5.74) is 5.49. The number of nitrogens with one attached hydrogen (secondary N) is 1. The van der Waals surface area contributed by atoms with Crippen LogP contribution in [0.4, 0.5) is 0 Å². The maximum absolute atomic E-state index is 11.1. The second-order valence-corrected chi connectivity index (χ2v) is 2.62. The second-order valence-electron chi connectivity index (χ2n) is 2.62. The van der Waals surface area contributed by atoms with Crippen molar-refractivity contribution in [1.82, 2.24) is 5.32 Å². The highest BCUT2D eigenvalue weighted by atomic mass is 16.5. The highest BCUT2D eigenvalue weighted by Crippen LogP contribution is 1.96. The fourth-order valence-electron chi connectivity index (χ4n) is 0.812. The van der Waals surface area contributed by atoms with Gasteiger partial charge >= 0.3 is 5.97 Å². The van der Waals surface area contributed by atoms with Gasteiger partial charge in [-0.15, -0.1) is 0 Å². The molecule has 0 aliphatic rings. The molecule has 0 radical (unpaired) electrons. The third-order valence-corrected chi connectivity index (χ3v) is 1.57. The number of rotatable bonds is 5. The Balaban J connectivity index is 3.67. The van der Waals surface area contributed by atoms with Gasteiger partial charge in [-0.3, -0.25) is 9.59 Å². The standard InChI is InChI=1S/C8H16N2O3/c1-3-10-8(12)6(9)4-5-7(11)13-2/h6H,3-5,9H2,1-2H3,(H,10,12). The van der Waals surface area contributed by atoms with Crippen molar-refractivity contribution < 1.29 is 14.3 Å². The van der Waals surface area contributed by atoms with Crippen LogP contribution in [-0.4, -0.2) is 31.6 Å². The zero-order chi connectivity index (χ0) is 10.3. The quantitative estimate of drug-likeness (QED) is 0.565. The van der Waals surface area contributed by atoms with E-state index in [2.05, 4.69) is 10.1 Å². The van der Waals surface area contributed by atoms with Gasteiger partial charge in [-0.05, 0) is 13.3 Å². The van der Waals surface area contributed by atoms with Crippen LogP contribution >= 0.6 is 0 Å². The number of hydrogen-bond donors (Lipinski definition) is 2. The lowest BCUT2D eigenvalue weighted by molar-refractivity contribution is -0.140. The summed E-state index contributed by atoms with van der Waals surface area (Å²) < 4.78 is 4.41. The molecule has 0 saturated heterocycles. The van der Waals surface area contributed by atoms with Crippen molar-refractivity contribution in [2.75, 3.05) is 13.7 Å². The largest absolute Gasteiger partial charge is 0.469 e. The molecule has 13 heavy (non-hydrogen) atoms. The molecule has 0 fully saturated rings. The Kier molecular flexibility index (Phi) is 5.88. The molecule has 0 aliphatic carbocycles. The molecule has 5 nitrogen and oxygen atoms in total. The van der Waals surface area contributed by atoms with Gasteiger partial charge in [0.05, 0.1) is 13.2 Å². The maximum atomic E-state index is 11.1. The molecule has 5 heteroatoms. The van der Waals surface area contributed by atoms with Gasteiger partial charge in [-0.2, -0.15) is 0 Å². The summed E-state index contributed by atoms with van der Waals surface area (Å²) in [6.45, 7) is 2.36. The zero-order valence-corrected chi connectivity index (χ0v) is 8.00. The number of esters is 1. The minimum atomic E-state index is -0.626. The molecular weight excluding hydrogens is 172 g/mol. The smallest absolute Gasteiger partial charge is 0.305 e. The van der Waals surface area contributed by atoms with Crippen molar-refractivity contribution in [2.45, 2.75) is 25.8 Å². The van der Waals surface area contributed by atoms with Crippen LogP contribution in [0.3, 0.4) is 0 Å². The Labute approximate surface area is 77.6 Å². The van der Waals surface area contributed by atoms with Crippen LogP contribution in [0, 0.1) is 0 Å². The van der Waals surface area contributed by atoms with Crippen LogP contribution in [0.15, 0.2) is 0 Å². The van der Waals surface area contributed by atoms with Crippen LogP contribution in [0.2, 0.25) is 0 Å². The number of hydrogen-bond acceptors (Lipinski definition) is 4. The predicted molar refractivity (Wildman–Crippen MR) is 47.9 cm³/mol. The molecule has 0 aromatic heterocycles. The lowest BCUT2D eigenvalue weighted by Gasteiger charge is -2.09. The number of methoxy groups -OCH3 is 1. The summed E-state index contributed by atoms with van der Waals surface area (Å²) in [4.78, 5) is 21.7. The van der Waals surface area contributed by atoms with E-state index in [4.69, 9.17) is 5.73 Å². The van der Waals surface area contributed by atoms with Crippen molar-refractivity contribution in [1.29, 1.82) is 0 Å². The van der Waals surface area contributed by atoms with Gasteiger partial charge in [-0.1, -0.05) is 0 Å². The monoisotopic (exact) mass is 188 g/mol. The van der Waals surface area contributed by atoms with Gasteiger partial charge in [0.1, 0.15) is 0 Å². The highest BCUT2D eigenvalue weighted by molar-refractivity contribution is 5.82. The SMILES string of the molecule is CCNC(=O)C(N)CCC(=O)OC. The number of amides is 1. The second kappa shape index (κ2) is 6.42. The molecule has 0 bridgehead atoms. The van der Waals surface area contributed by atoms with Gasteiger partial charge < -0.3 is 15.8 Å². The Bertz CT molecular complexity index is 182. The van der Waals surface area contributed by atoms with Crippen molar-refractivity contribution >= 4 is 11.9 Å². The molecule has 0 spiro atoms. The van der Waals surface area contributed by atoms with E-state index in [-0.39, 0.29) is 18.3 Å². The Hall–Kier alpha value is -1.10. The molecule has 0 aromatic carbocycles. The van der Waals surface area contributed by atoms with Gasteiger partial charge in [-0.25, -0.2) is 0 Å². The van der Waals surface area contributed by atoms with Crippen LogP contribution in [0.25, 0.3) is 0 Å². The van der Waals surface area contributed by atoms with Crippen molar-refractivity contribution in [3.8, 4) is 0 Å². The van der Waals surface area contributed by atoms with Crippen LogP contribution in [0.1, 0.15) is 19.8 Å². The summed E-state index contributed by atoms with van der Waals surface area (Å²) in [7, 11) is 1.31. The van der Waals surface area contributed by atoms with Gasteiger partial charge in [0.25, 0.3) is 0 Å². The van der Waals surface area contributed by atoms with Crippen molar-refractivity contribution in [2.24, 2.45) is 5.73 Å². The van der Waals surface area contributed by atoms with Crippen molar-refractivity contribution in [3.05, 3.63) is 0 Å². The molecule has 1 amide bonds. The summed E-state index contributed by atoms with van der Waals surface area (Å²) in [6, 6.07) is -0.626. The average Bonchev–Trinajstić information content (AvgIpc) is 2.13. The third kappa shape index (κ3) is 5.19. The molecule has 1 unspecified atom stereocenters. The van der Waals surface area contributed by atoms with Gasteiger partial charge in [0.15, 0.2) is 0 Å². The molecule has 0 aliphatic heterocycles. The maximum Gasteiger partial charge on any atom is 0.305 e. The van der Waals surface area contributed by atoms with E-state index in [1.54, 1.807) is 0 Å². The number of nitrogens with two attached hydrogens (primary N) is 1. The Morgan fingerprint density at radius 1 is 1.54 bits per heavy atom. The summed E-state index contributed by atoms with van der Waals surface area (Å²) in [6.07, 6.45) is 0.493. The predicted octanol–water partition coefficient (Wildman–Crippen LogP) is -0.597. The molecule has 0 heterocycles. The van der Waals surface area contributed by atoms with E-state index < -0.39 is 6.04 Å². The van der Waals surface area contributed by atoms with E-state index in [1.165, 1.54) is 7.11 Å². The molecule has 3 N–H and O–H groups in total. The number of carbonyl (C=O) groups excluding carboxylic acids is 2. The molecule has 0 aromatic rings. The van der Waals surface area contributed by atoms with E-state index >= 15 is 0 Å². The number of likely N-dealkylation sites (N-methyl/N-ethyl adjacent to an activating group) is 1. The fraction of sp³-hybridized carbons (Fsp3) is 0.750. The normalized spacial score (nSPS) is 11.9. The van der Waals surface area contributed by atoms with E-state index in [9.17, 15) is 9.59 Å². The van der Waals surface area contributed by atoms with E-state index in [0.29, 0.717) is 13.0 Å². The summed E-state index contributed by atoms with van der Waals surface area (Å²) >= 11 is 0. The van der Waals surface area contributed by atoms with Crippen LogP contribution < -0.4 is 11.1 Å². The van der Waals surface area contributed by atoms with E-state index in [1.807, 2.05) is 6.92 Å². The molecule has 1 atom stereocenters. The first-order chi connectivity index (χ1) is 6.11. The Morgan fingerprint density at radius 2 is 2.15 bits per heavy atom. The topological polar surface area (TPSA) is 81.4 Å². The van der Waals surface area contributed by atoms with Crippen LogP contribution in [-0.2, 0) is 14.3 Å². The first-order valence-electron chi connectivity index (χ1n) is 4.22. The van der Waals surface area contributed by atoms with E-state index in [0.717, 1.165) is 0 Å². The Morgan fingerprint density at radius 3 is 2.62 bits per heavy atom. The third-order valence-electron chi connectivity index (χ3n) is 1.57. The number of ether oxygens (including phenoxy) is 1. The van der Waals surface area contributed by atoms with Crippen LogP contribution in [0.5, 0.6) is 0 Å².